The van der Waals surface area contributed by atoms with Crippen LogP contribution in [0.25, 0.3) is 16.4 Å². The van der Waals surface area contributed by atoms with Gasteiger partial charge in [0.2, 0.25) is 5.13 Å². The van der Waals surface area contributed by atoms with Gasteiger partial charge in [-0.2, -0.15) is 13.9 Å². The number of hydrogen-bond donors (Lipinski definition) is 1. The molecule has 0 saturated heterocycles. The van der Waals surface area contributed by atoms with Gasteiger partial charge in [0.15, 0.2) is 5.69 Å². The summed E-state index contributed by atoms with van der Waals surface area (Å²) in [5.41, 5.74) is 3.30. The molecule has 5 nitrogen and oxygen atoms in total. The lowest BCUT2D eigenvalue weighted by atomic mass is 9.95. The number of aromatic carboxylic acids is 1. The van der Waals surface area contributed by atoms with Crippen molar-refractivity contribution in [3.8, 4) is 28.2 Å². The van der Waals surface area contributed by atoms with Gasteiger partial charge in [-0.05, 0) is 73.4 Å². The Morgan fingerprint density at radius 3 is 2.63 bits per heavy atom. The highest BCUT2D eigenvalue weighted by atomic mass is 32.1. The summed E-state index contributed by atoms with van der Waals surface area (Å²) in [6.45, 7) is 1.67. The van der Waals surface area contributed by atoms with Crippen LogP contribution in [0.5, 0.6) is 0 Å². The molecule has 10 heteroatoms. The molecule has 0 radical (unpaired) electrons. The van der Waals surface area contributed by atoms with Gasteiger partial charge in [-0.25, -0.2) is 23.2 Å². The Bertz CT molecular complexity index is 1600. The normalized spacial score (nSPS) is 13.0. The van der Waals surface area contributed by atoms with Crippen molar-refractivity contribution in [2.45, 2.75) is 39.0 Å². The van der Waals surface area contributed by atoms with Gasteiger partial charge in [-0.15, -0.1) is 11.3 Å². The van der Waals surface area contributed by atoms with Crippen molar-refractivity contribution >= 4 is 17.3 Å². The molecule has 0 spiro atoms. The van der Waals surface area contributed by atoms with Gasteiger partial charge in [0.1, 0.15) is 11.6 Å². The van der Waals surface area contributed by atoms with E-state index in [9.17, 15) is 27.5 Å². The van der Waals surface area contributed by atoms with E-state index in [0.29, 0.717) is 46.3 Å². The van der Waals surface area contributed by atoms with Crippen LogP contribution in [-0.4, -0.2) is 32.3 Å². The molecule has 1 aliphatic carbocycles. The number of aromatic nitrogens is 3. The predicted octanol–water partition coefficient (Wildman–Crippen LogP) is 6.44. The molecule has 5 rings (SSSR count). The van der Waals surface area contributed by atoms with Gasteiger partial charge in [0.25, 0.3) is 6.43 Å². The predicted molar refractivity (Wildman–Crippen MR) is 135 cm³/mol. The van der Waals surface area contributed by atoms with Crippen LogP contribution in [-0.2, 0) is 12.8 Å². The fraction of sp³-hybridized carbons (Fsp3) is 0.250. The van der Waals surface area contributed by atoms with Crippen LogP contribution in [0.3, 0.4) is 0 Å². The minimum absolute atomic E-state index is 0.118. The second-order valence-corrected chi connectivity index (χ2v) is 10.0. The lowest BCUT2D eigenvalue weighted by Crippen LogP contribution is -2.06. The third-order valence-corrected chi connectivity index (χ3v) is 7.15. The summed E-state index contributed by atoms with van der Waals surface area (Å²) in [6.07, 6.45) is 0.0736. The van der Waals surface area contributed by atoms with Crippen molar-refractivity contribution < 1.29 is 27.5 Å². The van der Waals surface area contributed by atoms with Crippen LogP contribution >= 0.6 is 11.3 Å². The Labute approximate surface area is 219 Å². The maximum absolute atomic E-state index is 14.4. The molecule has 1 saturated carbocycles. The Balaban J connectivity index is 1.70. The second-order valence-electron chi connectivity index (χ2n) is 9.18. The standard InChI is InChI=1S/C28H21F4N3O2S/c1-15-2-3-17(11-22(15)30)10-20-24(12-16-4-5-16)35(28-33-23(14-38-28)27(36)37)34-26(20)19-6-8-21(29)18(13-19)7-9-25(31)32/h2-3,6,8,11,13-14,16,25H,4-5,10,12H2,1H3,(H,36,37). The van der Waals surface area contributed by atoms with Crippen molar-refractivity contribution in [2.24, 2.45) is 5.92 Å². The van der Waals surface area contributed by atoms with Gasteiger partial charge in [0, 0.05) is 22.9 Å². The van der Waals surface area contributed by atoms with Crippen molar-refractivity contribution in [3.05, 3.63) is 87.1 Å². The first-order chi connectivity index (χ1) is 18.2. The summed E-state index contributed by atoms with van der Waals surface area (Å²) < 4.78 is 55.8. The minimum atomic E-state index is -2.91. The van der Waals surface area contributed by atoms with Gasteiger partial charge >= 0.3 is 5.97 Å². The molecular formula is C28H21F4N3O2S. The largest absolute Gasteiger partial charge is 0.476 e. The summed E-state index contributed by atoms with van der Waals surface area (Å²) >= 11 is 1.12. The third kappa shape index (κ3) is 5.48. The van der Waals surface area contributed by atoms with Crippen LogP contribution < -0.4 is 0 Å². The topological polar surface area (TPSA) is 68.0 Å². The first-order valence-corrected chi connectivity index (χ1v) is 12.7. The molecule has 1 fully saturated rings. The molecule has 194 valence electrons. The van der Waals surface area contributed by atoms with Crippen LogP contribution in [0.4, 0.5) is 17.6 Å². The van der Waals surface area contributed by atoms with Crippen LogP contribution in [0.15, 0.2) is 41.8 Å². The molecule has 0 atom stereocenters. The highest BCUT2D eigenvalue weighted by Gasteiger charge is 2.29. The molecular weight excluding hydrogens is 518 g/mol. The lowest BCUT2D eigenvalue weighted by molar-refractivity contribution is 0.0691. The number of hydrogen-bond acceptors (Lipinski definition) is 4. The van der Waals surface area contributed by atoms with Crippen LogP contribution in [0.1, 0.15) is 51.3 Å². The van der Waals surface area contributed by atoms with Crippen molar-refractivity contribution in [2.75, 3.05) is 0 Å². The fourth-order valence-corrected chi connectivity index (χ4v) is 4.95. The molecule has 0 bridgehead atoms. The van der Waals surface area contributed by atoms with E-state index in [-0.39, 0.29) is 17.1 Å². The van der Waals surface area contributed by atoms with E-state index in [0.717, 1.165) is 41.5 Å². The number of carboxylic acid groups (broad SMARTS) is 1. The smallest absolute Gasteiger partial charge is 0.355 e. The van der Waals surface area contributed by atoms with E-state index in [1.54, 1.807) is 23.6 Å². The number of thiazole rings is 1. The Morgan fingerprint density at radius 1 is 1.18 bits per heavy atom. The maximum Gasteiger partial charge on any atom is 0.355 e. The summed E-state index contributed by atoms with van der Waals surface area (Å²) in [7, 11) is 0. The van der Waals surface area contributed by atoms with E-state index < -0.39 is 18.2 Å². The molecule has 38 heavy (non-hydrogen) atoms. The summed E-state index contributed by atoms with van der Waals surface area (Å²) in [4.78, 5) is 15.7. The molecule has 4 aromatic rings. The fourth-order valence-electron chi connectivity index (χ4n) is 4.18. The van der Waals surface area contributed by atoms with E-state index in [1.165, 1.54) is 23.6 Å². The first-order valence-electron chi connectivity index (χ1n) is 11.8. The quantitative estimate of drug-likeness (QED) is 0.217. The summed E-state index contributed by atoms with van der Waals surface area (Å²) in [5, 5.41) is 15.9. The van der Waals surface area contributed by atoms with Crippen molar-refractivity contribution in [1.82, 2.24) is 14.8 Å². The summed E-state index contributed by atoms with van der Waals surface area (Å²) in [6, 6.07) is 8.95. The van der Waals surface area contributed by atoms with E-state index in [4.69, 9.17) is 5.10 Å². The Hall–Kier alpha value is -3.97. The first kappa shape index (κ1) is 25.7. The van der Waals surface area contributed by atoms with E-state index >= 15 is 0 Å². The zero-order chi connectivity index (χ0) is 27.0. The number of rotatable bonds is 7. The number of carboxylic acids is 1. The van der Waals surface area contributed by atoms with E-state index in [1.807, 2.05) is 6.07 Å². The molecule has 0 aliphatic heterocycles. The second kappa shape index (κ2) is 10.4. The molecule has 2 aromatic heterocycles. The molecule has 1 aliphatic rings. The molecule has 0 unspecified atom stereocenters. The molecule has 0 amide bonds. The molecule has 2 heterocycles. The monoisotopic (exact) mass is 539 g/mol. The molecule has 2 aromatic carbocycles. The minimum Gasteiger partial charge on any atom is -0.476 e. The summed E-state index contributed by atoms with van der Waals surface area (Å²) in [5.74, 6) is 2.01. The van der Waals surface area contributed by atoms with Crippen molar-refractivity contribution in [3.63, 3.8) is 0 Å². The van der Waals surface area contributed by atoms with Gasteiger partial charge < -0.3 is 5.11 Å². The zero-order valence-corrected chi connectivity index (χ0v) is 21.0. The van der Waals surface area contributed by atoms with Crippen molar-refractivity contribution in [1.29, 1.82) is 0 Å². The number of nitrogens with zero attached hydrogens (tertiary/aromatic N) is 3. The van der Waals surface area contributed by atoms with Gasteiger partial charge in [0.05, 0.1) is 17.0 Å². The highest BCUT2D eigenvalue weighted by Crippen LogP contribution is 2.38. The van der Waals surface area contributed by atoms with Gasteiger partial charge in [-0.1, -0.05) is 18.1 Å². The number of aryl methyl sites for hydroxylation is 1. The maximum atomic E-state index is 14.4. The average molecular weight is 540 g/mol. The van der Waals surface area contributed by atoms with Crippen LogP contribution in [0, 0.1) is 36.3 Å². The average Bonchev–Trinajstić information content (AvgIpc) is 3.43. The number of alkyl halides is 2. The number of benzene rings is 2. The SMILES string of the molecule is Cc1ccc(Cc2c(-c3ccc(F)c(C#CC(F)F)c3)nn(-c3nc(C(=O)O)cs3)c2CC2CC2)cc1F. The van der Waals surface area contributed by atoms with Gasteiger partial charge in [-0.3, -0.25) is 0 Å². The highest BCUT2D eigenvalue weighted by molar-refractivity contribution is 7.12. The number of carbonyl (C=O) groups is 1. The third-order valence-electron chi connectivity index (χ3n) is 6.33. The zero-order valence-electron chi connectivity index (χ0n) is 20.1. The molecule has 1 N–H and O–H groups in total. The Kier molecular flexibility index (Phi) is 7.04. The number of halogens is 4. The Morgan fingerprint density at radius 2 is 1.97 bits per heavy atom. The van der Waals surface area contributed by atoms with E-state index in [2.05, 4.69) is 10.9 Å². The van der Waals surface area contributed by atoms with Crippen LogP contribution in [0.2, 0.25) is 0 Å². The lowest BCUT2D eigenvalue weighted by Gasteiger charge is -2.10.